The lowest BCUT2D eigenvalue weighted by atomic mass is 10.3. The molecule has 0 aliphatic heterocycles. The minimum Gasteiger partial charge on any atom is -0.476 e. The molecule has 0 atom stereocenters. The van der Waals surface area contributed by atoms with E-state index >= 15 is 0 Å². The third-order valence-electron chi connectivity index (χ3n) is 2.28. The molecule has 2 aromatic rings. The van der Waals surface area contributed by atoms with Gasteiger partial charge in [-0.15, -0.1) is 11.3 Å². The van der Waals surface area contributed by atoms with Gasteiger partial charge in [-0.05, 0) is 6.92 Å². The maximum Gasteiger partial charge on any atom is 0.355 e. The molecule has 0 aliphatic carbocycles. The van der Waals surface area contributed by atoms with Crippen molar-refractivity contribution in [2.75, 3.05) is 0 Å². The second kappa shape index (κ2) is 5.19. The third kappa shape index (κ3) is 2.97. The van der Waals surface area contributed by atoms with Gasteiger partial charge >= 0.3 is 5.97 Å². The quantitative estimate of drug-likeness (QED) is 0.877. The number of carboxylic acids is 1. The fourth-order valence-electron chi connectivity index (χ4n) is 1.47. The van der Waals surface area contributed by atoms with Crippen molar-refractivity contribution >= 4 is 23.2 Å². The molecule has 2 rings (SSSR count). The van der Waals surface area contributed by atoms with Crippen molar-refractivity contribution in [2.45, 2.75) is 20.4 Å². The minimum absolute atomic E-state index is 0.0269. The molecule has 0 aliphatic rings. The van der Waals surface area contributed by atoms with Crippen molar-refractivity contribution in [1.82, 2.24) is 15.3 Å². The van der Waals surface area contributed by atoms with Crippen LogP contribution in [0.2, 0.25) is 0 Å². The van der Waals surface area contributed by atoms with Gasteiger partial charge < -0.3 is 14.8 Å². The van der Waals surface area contributed by atoms with E-state index in [-0.39, 0.29) is 18.0 Å². The molecule has 7 nitrogen and oxygen atoms in total. The standard InChI is InChI=1S/C11H11N3O4S/c1-5-9(18-6(2)13-5)10(15)12-3-8-14-7(4-19-8)11(16)17/h4H,3H2,1-2H3,(H,12,15)(H,16,17). The molecule has 1 amide bonds. The zero-order valence-corrected chi connectivity index (χ0v) is 11.1. The van der Waals surface area contributed by atoms with E-state index in [1.165, 1.54) is 16.7 Å². The van der Waals surface area contributed by atoms with Crippen molar-refractivity contribution < 1.29 is 19.1 Å². The monoisotopic (exact) mass is 281 g/mol. The van der Waals surface area contributed by atoms with Crippen LogP contribution in [0, 0.1) is 13.8 Å². The first-order valence-corrected chi connectivity index (χ1v) is 6.25. The number of carboxylic acid groups (broad SMARTS) is 1. The summed E-state index contributed by atoms with van der Waals surface area (Å²) in [4.78, 5) is 30.3. The number of amides is 1. The van der Waals surface area contributed by atoms with Crippen LogP contribution in [0.25, 0.3) is 0 Å². The highest BCUT2D eigenvalue weighted by Gasteiger charge is 2.16. The lowest BCUT2D eigenvalue weighted by molar-refractivity contribution is 0.0691. The molecule has 2 heterocycles. The summed E-state index contributed by atoms with van der Waals surface area (Å²) in [7, 11) is 0. The molecule has 0 saturated carbocycles. The van der Waals surface area contributed by atoms with Crippen molar-refractivity contribution in [1.29, 1.82) is 0 Å². The number of aromatic carboxylic acids is 1. The number of thiazole rings is 1. The number of aromatic nitrogens is 2. The third-order valence-corrected chi connectivity index (χ3v) is 3.13. The lowest BCUT2D eigenvalue weighted by Crippen LogP contribution is -2.23. The fraction of sp³-hybridized carbons (Fsp3) is 0.273. The van der Waals surface area contributed by atoms with Crippen molar-refractivity contribution in [2.24, 2.45) is 0 Å². The largest absolute Gasteiger partial charge is 0.476 e. The molecule has 0 aromatic carbocycles. The summed E-state index contributed by atoms with van der Waals surface area (Å²) in [6, 6.07) is 0. The van der Waals surface area contributed by atoms with Gasteiger partial charge in [-0.2, -0.15) is 0 Å². The number of aryl methyl sites for hydroxylation is 2. The number of nitrogens with zero attached hydrogens (tertiary/aromatic N) is 2. The van der Waals surface area contributed by atoms with Crippen LogP contribution in [0.15, 0.2) is 9.80 Å². The molecular weight excluding hydrogens is 270 g/mol. The summed E-state index contributed by atoms with van der Waals surface area (Å²) in [5.41, 5.74) is 0.487. The fourth-order valence-corrected chi connectivity index (χ4v) is 2.18. The number of oxazole rings is 1. The Morgan fingerprint density at radius 2 is 2.16 bits per heavy atom. The topological polar surface area (TPSA) is 105 Å². The Morgan fingerprint density at radius 3 is 2.68 bits per heavy atom. The Kier molecular flexibility index (Phi) is 3.61. The Hall–Kier alpha value is -2.22. The van der Waals surface area contributed by atoms with Crippen LogP contribution in [0.3, 0.4) is 0 Å². The molecule has 2 N–H and O–H groups in total. The van der Waals surface area contributed by atoms with Gasteiger partial charge in [0, 0.05) is 12.3 Å². The minimum atomic E-state index is -1.09. The Balaban J connectivity index is 2.00. The van der Waals surface area contributed by atoms with Gasteiger partial charge in [0.2, 0.25) is 5.76 Å². The molecule has 2 aromatic heterocycles. The van der Waals surface area contributed by atoms with E-state index in [0.29, 0.717) is 16.6 Å². The van der Waals surface area contributed by atoms with Crippen LogP contribution in [0.4, 0.5) is 0 Å². The predicted octanol–water partition coefficient (Wildman–Crippen LogP) is 1.38. The first kappa shape index (κ1) is 13.2. The average molecular weight is 281 g/mol. The van der Waals surface area contributed by atoms with E-state index in [9.17, 15) is 9.59 Å². The highest BCUT2D eigenvalue weighted by molar-refractivity contribution is 7.09. The number of carbonyl (C=O) groups is 2. The first-order valence-electron chi connectivity index (χ1n) is 5.37. The van der Waals surface area contributed by atoms with Gasteiger partial charge in [0.25, 0.3) is 5.91 Å². The molecule has 0 spiro atoms. The second-order valence-electron chi connectivity index (χ2n) is 3.76. The predicted molar refractivity (Wildman–Crippen MR) is 66.2 cm³/mol. The molecule has 0 unspecified atom stereocenters. The zero-order valence-electron chi connectivity index (χ0n) is 10.3. The number of hydrogen-bond acceptors (Lipinski definition) is 6. The number of rotatable bonds is 4. The average Bonchev–Trinajstić information content (AvgIpc) is 2.93. The summed E-state index contributed by atoms with van der Waals surface area (Å²) < 4.78 is 5.17. The van der Waals surface area contributed by atoms with E-state index in [1.807, 2.05) is 0 Å². The van der Waals surface area contributed by atoms with Gasteiger partial charge in [0.1, 0.15) is 5.01 Å². The molecule has 0 radical (unpaired) electrons. The van der Waals surface area contributed by atoms with Crippen LogP contribution in [-0.2, 0) is 6.54 Å². The number of nitrogens with one attached hydrogen (secondary N) is 1. The zero-order chi connectivity index (χ0) is 14.0. The summed E-state index contributed by atoms with van der Waals surface area (Å²) in [6.07, 6.45) is 0. The number of hydrogen-bond donors (Lipinski definition) is 2. The van der Waals surface area contributed by atoms with Crippen molar-refractivity contribution in [3.63, 3.8) is 0 Å². The van der Waals surface area contributed by atoms with Crippen molar-refractivity contribution in [3.05, 3.63) is 33.4 Å². The van der Waals surface area contributed by atoms with E-state index in [2.05, 4.69) is 15.3 Å². The Morgan fingerprint density at radius 1 is 1.42 bits per heavy atom. The van der Waals surface area contributed by atoms with Crippen LogP contribution in [0.1, 0.15) is 37.6 Å². The van der Waals surface area contributed by atoms with Crippen LogP contribution in [-0.4, -0.2) is 27.0 Å². The van der Waals surface area contributed by atoms with Crippen LogP contribution < -0.4 is 5.32 Å². The molecule has 0 bridgehead atoms. The smallest absolute Gasteiger partial charge is 0.355 e. The van der Waals surface area contributed by atoms with Gasteiger partial charge in [0.15, 0.2) is 11.6 Å². The summed E-state index contributed by atoms with van der Waals surface area (Å²) >= 11 is 1.17. The van der Waals surface area contributed by atoms with Gasteiger partial charge in [-0.3, -0.25) is 4.79 Å². The normalized spacial score (nSPS) is 10.4. The lowest BCUT2D eigenvalue weighted by Gasteiger charge is -2.00. The van der Waals surface area contributed by atoms with Crippen molar-refractivity contribution in [3.8, 4) is 0 Å². The highest BCUT2D eigenvalue weighted by atomic mass is 32.1. The van der Waals surface area contributed by atoms with E-state index in [4.69, 9.17) is 9.52 Å². The summed E-state index contributed by atoms with van der Waals surface area (Å²) in [5.74, 6) is -0.904. The van der Waals surface area contributed by atoms with Gasteiger partial charge in [0.05, 0.1) is 12.2 Å². The van der Waals surface area contributed by atoms with Gasteiger partial charge in [-0.1, -0.05) is 0 Å². The first-order chi connectivity index (χ1) is 8.97. The molecule has 100 valence electrons. The van der Waals surface area contributed by atoms with E-state index < -0.39 is 11.9 Å². The second-order valence-corrected chi connectivity index (χ2v) is 4.70. The van der Waals surface area contributed by atoms with Crippen LogP contribution >= 0.6 is 11.3 Å². The molecule has 0 fully saturated rings. The molecule has 19 heavy (non-hydrogen) atoms. The Labute approximate surface area is 112 Å². The highest BCUT2D eigenvalue weighted by Crippen LogP contribution is 2.11. The molecule has 0 saturated heterocycles. The SMILES string of the molecule is Cc1nc(C)c(C(=O)NCc2nc(C(=O)O)cs2)o1. The summed E-state index contributed by atoms with van der Waals surface area (Å²) in [5, 5.41) is 13.3. The van der Waals surface area contributed by atoms with Crippen LogP contribution in [0.5, 0.6) is 0 Å². The Bertz CT molecular complexity index is 632. The van der Waals surface area contributed by atoms with E-state index in [0.717, 1.165) is 0 Å². The number of carbonyl (C=O) groups excluding carboxylic acids is 1. The molecular formula is C11H11N3O4S. The maximum absolute atomic E-state index is 11.8. The molecule has 8 heteroatoms. The summed E-state index contributed by atoms with van der Waals surface area (Å²) in [6.45, 7) is 3.48. The van der Waals surface area contributed by atoms with Gasteiger partial charge in [-0.25, -0.2) is 14.8 Å². The maximum atomic E-state index is 11.8. The van der Waals surface area contributed by atoms with E-state index in [1.54, 1.807) is 13.8 Å².